The number of nitro benzene ring substituents is 1. The SMILES string of the molecule is O=C(O)C=CC(=O)NNC(=O)c1cccc([N+](=O)[O-])c1. The van der Waals surface area contributed by atoms with Gasteiger partial charge >= 0.3 is 5.97 Å². The molecule has 0 saturated heterocycles. The highest BCUT2D eigenvalue weighted by Gasteiger charge is 2.11. The molecule has 2 amide bonds. The molecule has 0 spiro atoms. The van der Waals surface area contributed by atoms with Crippen LogP contribution in [0.1, 0.15) is 10.4 Å². The maximum atomic E-state index is 11.6. The number of benzene rings is 1. The van der Waals surface area contributed by atoms with Crippen molar-refractivity contribution in [1.29, 1.82) is 0 Å². The fraction of sp³-hybridized carbons (Fsp3) is 0. The second-order valence-electron chi connectivity index (χ2n) is 3.42. The first-order chi connectivity index (χ1) is 9.40. The van der Waals surface area contributed by atoms with E-state index in [1.807, 2.05) is 10.9 Å². The number of nitro groups is 1. The molecule has 1 rings (SSSR count). The van der Waals surface area contributed by atoms with Crippen LogP contribution in [0.25, 0.3) is 0 Å². The van der Waals surface area contributed by atoms with Crippen LogP contribution >= 0.6 is 0 Å². The highest BCUT2D eigenvalue weighted by atomic mass is 16.6. The minimum absolute atomic E-state index is 0.0262. The number of carbonyl (C=O) groups is 3. The van der Waals surface area contributed by atoms with E-state index in [1.165, 1.54) is 18.2 Å². The van der Waals surface area contributed by atoms with Crippen LogP contribution in [-0.4, -0.2) is 27.8 Å². The minimum Gasteiger partial charge on any atom is -0.478 e. The van der Waals surface area contributed by atoms with Crippen molar-refractivity contribution < 1.29 is 24.4 Å². The molecular weight excluding hydrogens is 270 g/mol. The number of nitrogens with zero attached hydrogens (tertiary/aromatic N) is 1. The number of hydrogen-bond donors (Lipinski definition) is 3. The molecule has 1 aromatic carbocycles. The summed E-state index contributed by atoms with van der Waals surface area (Å²) in [6.07, 6.45) is 1.30. The first-order valence-corrected chi connectivity index (χ1v) is 5.16. The molecule has 0 aromatic heterocycles. The number of hydrogen-bond acceptors (Lipinski definition) is 5. The molecular formula is C11H9N3O6. The first kappa shape index (κ1) is 14.8. The van der Waals surface area contributed by atoms with E-state index in [9.17, 15) is 24.5 Å². The second kappa shape index (κ2) is 6.64. The van der Waals surface area contributed by atoms with Crippen molar-refractivity contribution >= 4 is 23.5 Å². The van der Waals surface area contributed by atoms with E-state index in [0.29, 0.717) is 12.2 Å². The van der Waals surface area contributed by atoms with Crippen molar-refractivity contribution in [2.75, 3.05) is 0 Å². The number of non-ortho nitro benzene ring substituents is 1. The third-order valence-corrected chi connectivity index (χ3v) is 2.00. The van der Waals surface area contributed by atoms with Gasteiger partial charge in [-0.3, -0.25) is 30.6 Å². The fourth-order valence-electron chi connectivity index (χ4n) is 1.14. The van der Waals surface area contributed by atoms with Gasteiger partial charge in [0.05, 0.1) is 4.92 Å². The van der Waals surface area contributed by atoms with Crippen molar-refractivity contribution in [3.8, 4) is 0 Å². The number of carboxylic acids is 1. The highest BCUT2D eigenvalue weighted by molar-refractivity contribution is 5.98. The third kappa shape index (κ3) is 4.56. The molecule has 0 saturated carbocycles. The van der Waals surface area contributed by atoms with Gasteiger partial charge in [-0.1, -0.05) is 6.07 Å². The van der Waals surface area contributed by atoms with Crippen LogP contribution in [0.5, 0.6) is 0 Å². The number of carboxylic acid groups (broad SMARTS) is 1. The van der Waals surface area contributed by atoms with Crippen LogP contribution in [0.4, 0.5) is 5.69 Å². The molecule has 0 radical (unpaired) electrons. The summed E-state index contributed by atoms with van der Waals surface area (Å²) >= 11 is 0. The molecule has 0 heterocycles. The quantitative estimate of drug-likeness (QED) is 0.402. The Kier molecular flexibility index (Phi) is 4.92. The normalized spacial score (nSPS) is 10.0. The summed E-state index contributed by atoms with van der Waals surface area (Å²) in [4.78, 5) is 42.7. The van der Waals surface area contributed by atoms with E-state index in [0.717, 1.165) is 6.07 Å². The summed E-state index contributed by atoms with van der Waals surface area (Å²) in [5, 5.41) is 18.8. The lowest BCUT2D eigenvalue weighted by molar-refractivity contribution is -0.384. The molecule has 0 bridgehead atoms. The van der Waals surface area contributed by atoms with E-state index < -0.39 is 22.7 Å². The number of amides is 2. The van der Waals surface area contributed by atoms with E-state index in [2.05, 4.69) is 0 Å². The summed E-state index contributed by atoms with van der Waals surface area (Å²) in [7, 11) is 0. The number of nitrogens with one attached hydrogen (secondary N) is 2. The van der Waals surface area contributed by atoms with Crippen LogP contribution in [0.2, 0.25) is 0 Å². The lowest BCUT2D eigenvalue weighted by atomic mass is 10.2. The molecule has 20 heavy (non-hydrogen) atoms. The standard InChI is InChI=1S/C11H9N3O6/c15-9(4-5-10(16)17)12-13-11(18)7-2-1-3-8(6-7)14(19)20/h1-6H,(H,12,15)(H,13,18)(H,16,17). The summed E-state index contributed by atoms with van der Waals surface area (Å²) in [6.45, 7) is 0. The van der Waals surface area contributed by atoms with Crippen molar-refractivity contribution in [3.05, 3.63) is 52.1 Å². The number of hydrazine groups is 1. The summed E-state index contributed by atoms with van der Waals surface area (Å²) in [6, 6.07) is 4.89. The van der Waals surface area contributed by atoms with Gasteiger partial charge in [0.25, 0.3) is 17.5 Å². The Bertz CT molecular complexity index is 596. The van der Waals surface area contributed by atoms with Crippen LogP contribution in [0.15, 0.2) is 36.4 Å². The Labute approximate surface area is 112 Å². The van der Waals surface area contributed by atoms with E-state index in [-0.39, 0.29) is 11.3 Å². The van der Waals surface area contributed by atoms with Gasteiger partial charge in [0.1, 0.15) is 0 Å². The number of aliphatic carboxylic acids is 1. The van der Waals surface area contributed by atoms with Crippen molar-refractivity contribution in [2.24, 2.45) is 0 Å². The molecule has 0 aliphatic rings. The van der Waals surface area contributed by atoms with Crippen LogP contribution in [-0.2, 0) is 9.59 Å². The Morgan fingerprint density at radius 1 is 1.20 bits per heavy atom. The van der Waals surface area contributed by atoms with Gasteiger partial charge in [-0.05, 0) is 6.07 Å². The first-order valence-electron chi connectivity index (χ1n) is 5.16. The molecule has 9 heteroatoms. The minimum atomic E-state index is -1.31. The van der Waals surface area contributed by atoms with Gasteiger partial charge in [-0.15, -0.1) is 0 Å². The molecule has 9 nitrogen and oxygen atoms in total. The average molecular weight is 279 g/mol. The predicted octanol–water partition coefficient (Wildman–Crippen LogP) is -0.00340. The molecule has 0 aliphatic heterocycles. The zero-order chi connectivity index (χ0) is 15.1. The van der Waals surface area contributed by atoms with E-state index >= 15 is 0 Å². The van der Waals surface area contributed by atoms with Gasteiger partial charge < -0.3 is 5.11 Å². The van der Waals surface area contributed by atoms with Gasteiger partial charge in [0.2, 0.25) is 0 Å². The smallest absolute Gasteiger partial charge is 0.328 e. The van der Waals surface area contributed by atoms with Gasteiger partial charge in [0, 0.05) is 29.8 Å². The van der Waals surface area contributed by atoms with Crippen LogP contribution in [0, 0.1) is 10.1 Å². The molecule has 0 fully saturated rings. The monoisotopic (exact) mass is 279 g/mol. The van der Waals surface area contributed by atoms with Crippen molar-refractivity contribution in [2.45, 2.75) is 0 Å². The van der Waals surface area contributed by atoms with Crippen LogP contribution in [0.3, 0.4) is 0 Å². The summed E-state index contributed by atoms with van der Waals surface area (Å²) in [5.41, 5.74) is 3.61. The Hall–Kier alpha value is -3.23. The summed E-state index contributed by atoms with van der Waals surface area (Å²) < 4.78 is 0. The van der Waals surface area contributed by atoms with E-state index in [4.69, 9.17) is 5.11 Å². The van der Waals surface area contributed by atoms with E-state index in [1.54, 1.807) is 0 Å². The second-order valence-corrected chi connectivity index (χ2v) is 3.42. The zero-order valence-corrected chi connectivity index (χ0v) is 9.90. The predicted molar refractivity (Wildman–Crippen MR) is 65.5 cm³/mol. The maximum Gasteiger partial charge on any atom is 0.328 e. The van der Waals surface area contributed by atoms with Gasteiger partial charge in [-0.2, -0.15) is 0 Å². The fourth-order valence-corrected chi connectivity index (χ4v) is 1.14. The molecule has 3 N–H and O–H groups in total. The lowest BCUT2D eigenvalue weighted by Crippen LogP contribution is -2.40. The van der Waals surface area contributed by atoms with Gasteiger partial charge in [0.15, 0.2) is 0 Å². The molecule has 0 unspecified atom stereocenters. The number of carbonyl (C=O) groups excluding carboxylic acids is 2. The molecule has 0 aliphatic carbocycles. The zero-order valence-electron chi connectivity index (χ0n) is 9.90. The molecule has 1 aromatic rings. The average Bonchev–Trinajstić information content (AvgIpc) is 2.42. The third-order valence-electron chi connectivity index (χ3n) is 2.00. The molecule has 104 valence electrons. The maximum absolute atomic E-state index is 11.6. The van der Waals surface area contributed by atoms with Crippen molar-refractivity contribution in [3.63, 3.8) is 0 Å². The lowest BCUT2D eigenvalue weighted by Gasteiger charge is -2.04. The number of rotatable bonds is 4. The van der Waals surface area contributed by atoms with Crippen molar-refractivity contribution in [1.82, 2.24) is 10.9 Å². The largest absolute Gasteiger partial charge is 0.478 e. The Balaban J connectivity index is 2.63. The Morgan fingerprint density at radius 3 is 2.50 bits per heavy atom. The topological polar surface area (TPSA) is 139 Å². The van der Waals surface area contributed by atoms with Gasteiger partial charge in [-0.25, -0.2) is 4.79 Å². The molecule has 0 atom stereocenters. The summed E-state index contributed by atoms with van der Waals surface area (Å²) in [5.74, 6) is -2.94. The van der Waals surface area contributed by atoms with Crippen LogP contribution < -0.4 is 10.9 Å². The Morgan fingerprint density at radius 2 is 1.90 bits per heavy atom. The highest BCUT2D eigenvalue weighted by Crippen LogP contribution is 2.12.